The van der Waals surface area contributed by atoms with E-state index in [4.69, 9.17) is 9.47 Å². The van der Waals surface area contributed by atoms with Gasteiger partial charge in [-0.05, 0) is 88.5 Å². The molecule has 33 heavy (non-hydrogen) atoms. The summed E-state index contributed by atoms with van der Waals surface area (Å²) >= 11 is 0. The predicted octanol–water partition coefficient (Wildman–Crippen LogP) is 5.20. The number of nitrogens with zero attached hydrogens (tertiary/aromatic N) is 1. The largest absolute Gasteiger partial charge is 0.444 e. The van der Waals surface area contributed by atoms with Gasteiger partial charge >= 0.3 is 6.09 Å². The van der Waals surface area contributed by atoms with Crippen molar-refractivity contribution in [3.8, 4) is 0 Å². The van der Waals surface area contributed by atoms with Crippen molar-refractivity contribution in [1.82, 2.24) is 5.32 Å². The third kappa shape index (κ3) is 5.43. The fourth-order valence-corrected chi connectivity index (χ4v) is 5.41. The van der Waals surface area contributed by atoms with E-state index in [2.05, 4.69) is 42.6 Å². The molecule has 0 unspecified atom stereocenters. The zero-order chi connectivity index (χ0) is 23.6. The highest BCUT2D eigenvalue weighted by Crippen LogP contribution is 2.44. The summed E-state index contributed by atoms with van der Waals surface area (Å²) in [5.74, 6) is 0.595. The van der Waals surface area contributed by atoms with E-state index in [-0.39, 0.29) is 23.9 Å². The van der Waals surface area contributed by atoms with Crippen LogP contribution in [0.1, 0.15) is 77.3 Å². The van der Waals surface area contributed by atoms with Crippen LogP contribution in [0.25, 0.3) is 6.08 Å². The van der Waals surface area contributed by atoms with E-state index < -0.39 is 11.7 Å². The average molecular weight is 455 g/mol. The van der Waals surface area contributed by atoms with Gasteiger partial charge in [0.15, 0.2) is 0 Å². The second-order valence-corrected chi connectivity index (χ2v) is 10.9. The smallest absolute Gasteiger partial charge is 0.408 e. The van der Waals surface area contributed by atoms with Crippen molar-refractivity contribution in [1.29, 1.82) is 0 Å². The van der Waals surface area contributed by atoms with E-state index in [0.717, 1.165) is 57.4 Å². The van der Waals surface area contributed by atoms with Crippen LogP contribution >= 0.6 is 0 Å². The molecule has 1 aromatic rings. The maximum atomic E-state index is 13.4. The van der Waals surface area contributed by atoms with Crippen molar-refractivity contribution in [3.63, 3.8) is 0 Å². The van der Waals surface area contributed by atoms with E-state index >= 15 is 0 Å². The SMILES string of the molecule is CC(C)(C)OC(=O)NCC(=O)N(c1ccc2c(c1)C=CC21CCOCC1)[C@H]1CC[C@H](C)CC1. The first kappa shape index (κ1) is 23.8. The molecule has 0 bridgehead atoms. The molecule has 0 aromatic heterocycles. The summed E-state index contributed by atoms with van der Waals surface area (Å²) in [7, 11) is 0. The molecule has 2 amide bonds. The first-order valence-electron chi connectivity index (χ1n) is 12.4. The van der Waals surface area contributed by atoms with Crippen molar-refractivity contribution in [2.75, 3.05) is 24.7 Å². The van der Waals surface area contributed by atoms with Gasteiger partial charge < -0.3 is 19.7 Å². The molecular formula is C27H38N2O4. The number of fused-ring (bicyclic) bond motifs is 2. The van der Waals surface area contributed by atoms with Crippen LogP contribution in [0.5, 0.6) is 0 Å². The third-order valence-corrected chi connectivity index (χ3v) is 7.22. The monoisotopic (exact) mass is 454 g/mol. The van der Waals surface area contributed by atoms with Crippen molar-refractivity contribution in [2.45, 2.75) is 83.3 Å². The van der Waals surface area contributed by atoms with E-state index in [1.54, 1.807) is 0 Å². The lowest BCUT2D eigenvalue weighted by atomic mass is 9.76. The molecule has 6 nitrogen and oxygen atoms in total. The van der Waals surface area contributed by atoms with Crippen LogP contribution in [0.4, 0.5) is 10.5 Å². The van der Waals surface area contributed by atoms with E-state index in [1.165, 1.54) is 11.1 Å². The summed E-state index contributed by atoms with van der Waals surface area (Å²) in [5, 5.41) is 2.66. The van der Waals surface area contributed by atoms with Gasteiger partial charge in [0.1, 0.15) is 12.1 Å². The number of nitrogens with one attached hydrogen (secondary N) is 1. The molecule has 1 heterocycles. The van der Waals surface area contributed by atoms with Gasteiger partial charge in [0.25, 0.3) is 0 Å². The quantitative estimate of drug-likeness (QED) is 0.679. The van der Waals surface area contributed by atoms with Gasteiger partial charge in [0, 0.05) is 30.4 Å². The Kier molecular flexibility index (Phi) is 6.85. The van der Waals surface area contributed by atoms with Gasteiger partial charge in [-0.15, -0.1) is 0 Å². The van der Waals surface area contributed by atoms with Crippen molar-refractivity contribution >= 4 is 23.8 Å². The lowest BCUT2D eigenvalue weighted by molar-refractivity contribution is -0.118. The van der Waals surface area contributed by atoms with Crippen LogP contribution in [0.15, 0.2) is 24.3 Å². The number of hydrogen-bond donors (Lipinski definition) is 1. The molecule has 0 atom stereocenters. The van der Waals surface area contributed by atoms with Crippen LogP contribution in [0.2, 0.25) is 0 Å². The molecule has 180 valence electrons. The number of rotatable bonds is 4. The second-order valence-electron chi connectivity index (χ2n) is 10.9. The standard InChI is InChI=1S/C27H38N2O4/c1-19-5-7-21(8-6-19)29(24(30)18-28-25(31)33-26(2,3)4)22-9-10-23-20(17-22)11-12-27(23)13-15-32-16-14-27/h9-12,17,19,21H,5-8,13-16,18H2,1-4H3,(H,28,31)/t19-,21-. The fraction of sp³-hybridized carbons (Fsp3) is 0.630. The maximum absolute atomic E-state index is 13.4. The van der Waals surface area contributed by atoms with Crippen molar-refractivity contribution in [3.05, 3.63) is 35.4 Å². The average Bonchev–Trinajstić information content (AvgIpc) is 3.10. The Morgan fingerprint density at radius 1 is 1.15 bits per heavy atom. The highest BCUT2D eigenvalue weighted by Gasteiger charge is 2.37. The van der Waals surface area contributed by atoms with Crippen LogP contribution in [0.3, 0.4) is 0 Å². The molecule has 2 aliphatic carbocycles. The Bertz CT molecular complexity index is 903. The van der Waals surface area contributed by atoms with E-state index in [0.29, 0.717) is 5.92 Å². The predicted molar refractivity (Wildman–Crippen MR) is 130 cm³/mol. The summed E-state index contributed by atoms with van der Waals surface area (Å²) in [6.07, 6.45) is 10.1. The minimum Gasteiger partial charge on any atom is -0.444 e. The lowest BCUT2D eigenvalue weighted by Crippen LogP contribution is -2.47. The Hall–Kier alpha value is -2.34. The summed E-state index contributed by atoms with van der Waals surface area (Å²) < 4.78 is 10.9. The molecule has 6 heteroatoms. The summed E-state index contributed by atoms with van der Waals surface area (Å²) in [4.78, 5) is 27.5. The minimum atomic E-state index is -0.598. The molecule has 4 rings (SSSR count). The highest BCUT2D eigenvalue weighted by atomic mass is 16.6. The summed E-state index contributed by atoms with van der Waals surface area (Å²) in [6.45, 7) is 9.21. The van der Waals surface area contributed by atoms with Crippen LogP contribution < -0.4 is 10.2 Å². The van der Waals surface area contributed by atoms with Crippen LogP contribution in [-0.4, -0.2) is 43.4 Å². The lowest BCUT2D eigenvalue weighted by Gasteiger charge is -2.37. The molecule has 1 spiro atoms. The molecule has 1 saturated carbocycles. The molecule has 0 radical (unpaired) electrons. The van der Waals surface area contributed by atoms with Gasteiger partial charge in [-0.1, -0.05) is 25.1 Å². The number of alkyl carbamates (subject to hydrolysis) is 1. The minimum absolute atomic E-state index is 0.0689. The normalized spacial score (nSPS) is 23.8. The van der Waals surface area contributed by atoms with Gasteiger partial charge in [-0.25, -0.2) is 4.79 Å². The Morgan fingerprint density at radius 2 is 1.85 bits per heavy atom. The molecule has 1 N–H and O–H groups in total. The maximum Gasteiger partial charge on any atom is 0.408 e. The fourth-order valence-electron chi connectivity index (χ4n) is 5.41. The number of amides is 2. The topological polar surface area (TPSA) is 67.9 Å². The number of ether oxygens (including phenoxy) is 2. The molecule has 1 aliphatic heterocycles. The van der Waals surface area contributed by atoms with Gasteiger partial charge in [-0.2, -0.15) is 0 Å². The molecule has 1 aromatic carbocycles. The molecule has 2 fully saturated rings. The molecular weight excluding hydrogens is 416 g/mol. The van der Waals surface area contributed by atoms with Gasteiger partial charge in [-0.3, -0.25) is 4.79 Å². The second kappa shape index (κ2) is 9.49. The number of anilines is 1. The van der Waals surface area contributed by atoms with Gasteiger partial charge in [0.2, 0.25) is 5.91 Å². The zero-order valence-electron chi connectivity index (χ0n) is 20.5. The summed E-state index contributed by atoms with van der Waals surface area (Å²) in [5.41, 5.74) is 2.92. The number of benzene rings is 1. The summed E-state index contributed by atoms with van der Waals surface area (Å²) in [6, 6.07) is 6.59. The highest BCUT2D eigenvalue weighted by molar-refractivity contribution is 5.97. The Morgan fingerprint density at radius 3 is 2.52 bits per heavy atom. The number of carbonyl (C=O) groups excluding carboxylic acids is 2. The molecule has 3 aliphatic rings. The third-order valence-electron chi connectivity index (χ3n) is 7.22. The van der Waals surface area contributed by atoms with Crippen LogP contribution in [0, 0.1) is 5.92 Å². The molecule has 1 saturated heterocycles. The zero-order valence-corrected chi connectivity index (χ0v) is 20.5. The Balaban J connectivity index is 1.55. The first-order valence-corrected chi connectivity index (χ1v) is 12.4. The Labute approximate surface area is 197 Å². The van der Waals surface area contributed by atoms with E-state index in [1.807, 2.05) is 25.7 Å². The van der Waals surface area contributed by atoms with E-state index in [9.17, 15) is 9.59 Å². The van der Waals surface area contributed by atoms with Crippen molar-refractivity contribution < 1.29 is 19.1 Å². The van der Waals surface area contributed by atoms with Gasteiger partial charge in [0.05, 0.1) is 0 Å². The number of allylic oxidation sites excluding steroid dienone is 1. The number of carbonyl (C=O) groups is 2. The van der Waals surface area contributed by atoms with Crippen LogP contribution in [-0.2, 0) is 19.7 Å². The van der Waals surface area contributed by atoms with Crippen molar-refractivity contribution in [2.24, 2.45) is 5.92 Å². The number of hydrogen-bond acceptors (Lipinski definition) is 4. The first-order chi connectivity index (χ1) is 15.7.